The molecule has 0 radical (unpaired) electrons. The summed E-state index contributed by atoms with van der Waals surface area (Å²) in [6.45, 7) is 3.44. The lowest BCUT2D eigenvalue weighted by Gasteiger charge is -2.23. The van der Waals surface area contributed by atoms with Gasteiger partial charge < -0.3 is 10.6 Å². The Bertz CT molecular complexity index is 393. The second-order valence-corrected chi connectivity index (χ2v) is 6.09. The van der Waals surface area contributed by atoms with E-state index in [-0.39, 0.29) is 0 Å². The van der Waals surface area contributed by atoms with E-state index in [2.05, 4.69) is 16.2 Å². The normalized spacial score (nSPS) is 19.6. The Kier molecular flexibility index (Phi) is 2.99. The van der Waals surface area contributed by atoms with Gasteiger partial charge in [0, 0.05) is 18.2 Å². The largest absolute Gasteiger partial charge is 0.383 e. The summed E-state index contributed by atoms with van der Waals surface area (Å²) in [6.07, 6.45) is 7.86. The highest BCUT2D eigenvalue weighted by Gasteiger charge is 2.36. The van der Waals surface area contributed by atoms with Crippen LogP contribution in [0.3, 0.4) is 0 Å². The molecule has 2 fully saturated rings. The Balaban J connectivity index is 1.84. The van der Waals surface area contributed by atoms with Crippen LogP contribution >= 0.6 is 11.5 Å². The van der Waals surface area contributed by atoms with Gasteiger partial charge in [-0.1, -0.05) is 13.3 Å². The summed E-state index contributed by atoms with van der Waals surface area (Å²) in [5.74, 6) is 1.52. The lowest BCUT2D eigenvalue weighted by atomic mass is 10.2. The van der Waals surface area contributed by atoms with Crippen LogP contribution in [-0.4, -0.2) is 17.0 Å². The Morgan fingerprint density at radius 2 is 2.12 bits per heavy atom. The summed E-state index contributed by atoms with van der Waals surface area (Å²) < 4.78 is 4.39. The van der Waals surface area contributed by atoms with Crippen LogP contribution in [0.5, 0.6) is 0 Å². The van der Waals surface area contributed by atoms with Crippen molar-refractivity contribution in [2.75, 3.05) is 17.2 Å². The molecule has 0 atom stereocenters. The molecule has 1 aromatic rings. The van der Waals surface area contributed by atoms with Gasteiger partial charge in [0.05, 0.1) is 0 Å². The minimum atomic E-state index is 0.714. The zero-order valence-corrected chi connectivity index (χ0v) is 11.3. The van der Waals surface area contributed by atoms with Crippen LogP contribution in [0, 0.1) is 0 Å². The van der Waals surface area contributed by atoms with Crippen molar-refractivity contribution in [2.24, 2.45) is 0 Å². The van der Waals surface area contributed by atoms with Gasteiger partial charge in [-0.2, -0.15) is 4.37 Å². The summed E-state index contributed by atoms with van der Waals surface area (Å²) in [5.41, 5.74) is 7.42. The van der Waals surface area contributed by atoms with Gasteiger partial charge in [0.2, 0.25) is 0 Å². The van der Waals surface area contributed by atoms with Gasteiger partial charge >= 0.3 is 0 Å². The quantitative estimate of drug-likeness (QED) is 0.843. The third-order valence-corrected chi connectivity index (χ3v) is 4.64. The average molecular weight is 251 g/mol. The van der Waals surface area contributed by atoms with Crippen molar-refractivity contribution >= 4 is 22.4 Å². The van der Waals surface area contributed by atoms with Crippen LogP contribution in [0.4, 0.5) is 10.8 Å². The molecule has 2 saturated carbocycles. The number of hydrogen-bond acceptors (Lipinski definition) is 4. The Morgan fingerprint density at radius 1 is 1.35 bits per heavy atom. The van der Waals surface area contributed by atoms with Gasteiger partial charge in [-0.05, 0) is 49.6 Å². The van der Waals surface area contributed by atoms with Crippen molar-refractivity contribution in [1.29, 1.82) is 0 Å². The van der Waals surface area contributed by atoms with Crippen molar-refractivity contribution in [3.8, 4) is 0 Å². The molecule has 0 saturated heterocycles. The summed E-state index contributed by atoms with van der Waals surface area (Å²) in [4.78, 5) is 2.59. The second kappa shape index (κ2) is 4.48. The molecule has 1 heterocycles. The maximum absolute atomic E-state index is 6.04. The van der Waals surface area contributed by atoms with Crippen LogP contribution in [-0.2, 0) is 0 Å². The molecule has 0 bridgehead atoms. The van der Waals surface area contributed by atoms with E-state index in [0.717, 1.165) is 11.9 Å². The number of hydrogen-bond donors (Lipinski definition) is 1. The van der Waals surface area contributed by atoms with Gasteiger partial charge in [0.15, 0.2) is 0 Å². The van der Waals surface area contributed by atoms with Crippen LogP contribution in [0.25, 0.3) is 0 Å². The standard InChI is InChI=1S/C13H21N3S/c1-2-3-8-16(10-6-7-10)13-11(9-4-5-9)12(14)15-17-13/h9-10H,2-8H2,1H3,(H2,14,15). The van der Waals surface area contributed by atoms with Gasteiger partial charge in [0.25, 0.3) is 0 Å². The van der Waals surface area contributed by atoms with Crippen LogP contribution < -0.4 is 10.6 Å². The lowest BCUT2D eigenvalue weighted by Crippen LogP contribution is -2.26. The first kappa shape index (κ1) is 11.3. The van der Waals surface area contributed by atoms with Crippen molar-refractivity contribution in [1.82, 2.24) is 4.37 Å². The van der Waals surface area contributed by atoms with Gasteiger partial charge in [-0.3, -0.25) is 0 Å². The zero-order chi connectivity index (χ0) is 11.8. The fourth-order valence-electron chi connectivity index (χ4n) is 2.43. The molecule has 0 unspecified atom stereocenters. The van der Waals surface area contributed by atoms with Crippen molar-refractivity contribution in [3.05, 3.63) is 5.56 Å². The molecule has 2 N–H and O–H groups in total. The number of anilines is 2. The summed E-state index contributed by atoms with van der Waals surface area (Å²) in [6, 6.07) is 0.777. The van der Waals surface area contributed by atoms with Crippen molar-refractivity contribution in [2.45, 2.75) is 57.4 Å². The third-order valence-electron chi connectivity index (χ3n) is 3.72. The first-order chi connectivity index (χ1) is 8.31. The van der Waals surface area contributed by atoms with E-state index in [1.165, 1.54) is 55.6 Å². The molecule has 3 nitrogen and oxygen atoms in total. The number of rotatable bonds is 6. The molecule has 0 aromatic carbocycles. The van der Waals surface area contributed by atoms with Crippen LogP contribution in [0.15, 0.2) is 0 Å². The topological polar surface area (TPSA) is 42.2 Å². The number of nitrogens with zero attached hydrogens (tertiary/aromatic N) is 2. The molecule has 2 aliphatic carbocycles. The smallest absolute Gasteiger partial charge is 0.142 e. The molecule has 0 aliphatic heterocycles. The van der Waals surface area contributed by atoms with Crippen LogP contribution in [0.1, 0.15) is 56.9 Å². The summed E-state index contributed by atoms with van der Waals surface area (Å²) >= 11 is 1.62. The molecule has 17 heavy (non-hydrogen) atoms. The predicted octanol–water partition coefficient (Wildman–Crippen LogP) is 3.37. The molecular weight excluding hydrogens is 230 g/mol. The molecule has 0 amide bonds. The number of nitrogens with two attached hydrogens (primary N) is 1. The first-order valence-electron chi connectivity index (χ1n) is 6.83. The van der Waals surface area contributed by atoms with E-state index >= 15 is 0 Å². The molecular formula is C13H21N3S. The van der Waals surface area contributed by atoms with E-state index in [1.807, 2.05) is 0 Å². The molecule has 0 spiro atoms. The highest BCUT2D eigenvalue weighted by molar-refractivity contribution is 7.10. The molecule has 94 valence electrons. The number of nitrogen functional groups attached to an aromatic ring is 1. The van der Waals surface area contributed by atoms with Gasteiger partial charge in [0.1, 0.15) is 10.8 Å². The molecule has 1 aromatic heterocycles. The highest BCUT2D eigenvalue weighted by atomic mass is 32.1. The Labute approximate surface area is 107 Å². The zero-order valence-electron chi connectivity index (χ0n) is 10.5. The van der Waals surface area contributed by atoms with Gasteiger partial charge in [-0.15, -0.1) is 0 Å². The first-order valence-corrected chi connectivity index (χ1v) is 7.60. The summed E-state index contributed by atoms with van der Waals surface area (Å²) in [7, 11) is 0. The van der Waals surface area contributed by atoms with E-state index in [0.29, 0.717) is 5.92 Å². The van der Waals surface area contributed by atoms with E-state index in [9.17, 15) is 0 Å². The second-order valence-electron chi connectivity index (χ2n) is 5.34. The SMILES string of the molecule is CCCCN(c1snc(N)c1C1CC1)C1CC1. The maximum Gasteiger partial charge on any atom is 0.142 e. The van der Waals surface area contributed by atoms with Crippen LogP contribution in [0.2, 0.25) is 0 Å². The van der Waals surface area contributed by atoms with E-state index < -0.39 is 0 Å². The fraction of sp³-hybridized carbons (Fsp3) is 0.769. The average Bonchev–Trinajstić information content (AvgIpc) is 3.21. The molecule has 2 aliphatic rings. The minimum absolute atomic E-state index is 0.714. The third kappa shape index (κ3) is 2.28. The van der Waals surface area contributed by atoms with Crippen molar-refractivity contribution < 1.29 is 0 Å². The lowest BCUT2D eigenvalue weighted by molar-refractivity contribution is 0.715. The maximum atomic E-state index is 6.04. The number of aromatic nitrogens is 1. The van der Waals surface area contributed by atoms with E-state index in [4.69, 9.17) is 5.73 Å². The highest BCUT2D eigenvalue weighted by Crippen LogP contribution is 2.50. The minimum Gasteiger partial charge on any atom is -0.383 e. The van der Waals surface area contributed by atoms with Gasteiger partial charge in [-0.25, -0.2) is 0 Å². The Morgan fingerprint density at radius 3 is 2.71 bits per heavy atom. The summed E-state index contributed by atoms with van der Waals surface area (Å²) in [5, 5.41) is 1.39. The Hall–Kier alpha value is -0.770. The number of unbranched alkanes of at least 4 members (excludes halogenated alkanes) is 1. The molecule has 4 heteroatoms. The van der Waals surface area contributed by atoms with Crippen molar-refractivity contribution in [3.63, 3.8) is 0 Å². The predicted molar refractivity (Wildman–Crippen MR) is 73.8 cm³/mol. The fourth-order valence-corrected chi connectivity index (χ4v) is 3.43. The van der Waals surface area contributed by atoms with E-state index in [1.54, 1.807) is 11.5 Å². The molecule has 3 rings (SSSR count). The monoisotopic (exact) mass is 251 g/mol.